The number of benzene rings is 1. The molecule has 0 spiro atoms. The van der Waals surface area contributed by atoms with E-state index in [1.165, 1.54) is 16.4 Å². The quantitative estimate of drug-likeness (QED) is 0.702. The molecular weight excluding hydrogens is 418 g/mol. The number of morpholine rings is 1. The lowest BCUT2D eigenvalue weighted by Gasteiger charge is -2.26. The molecule has 0 unspecified atom stereocenters. The minimum absolute atomic E-state index is 0.143. The highest BCUT2D eigenvalue weighted by Gasteiger charge is 2.29. The van der Waals surface area contributed by atoms with Crippen LogP contribution in [0.1, 0.15) is 34.5 Å². The van der Waals surface area contributed by atoms with E-state index in [4.69, 9.17) is 4.74 Å². The van der Waals surface area contributed by atoms with E-state index in [-0.39, 0.29) is 10.8 Å². The lowest BCUT2D eigenvalue weighted by Crippen LogP contribution is -2.37. The predicted molar refractivity (Wildman–Crippen MR) is 113 cm³/mol. The maximum atomic E-state index is 13.0. The lowest BCUT2D eigenvalue weighted by molar-refractivity contribution is 0.0750. The van der Waals surface area contributed by atoms with Crippen molar-refractivity contribution < 1.29 is 17.9 Å². The molecule has 3 aliphatic heterocycles. The summed E-state index contributed by atoms with van der Waals surface area (Å²) >= 11 is 0. The van der Waals surface area contributed by atoms with Gasteiger partial charge < -0.3 is 14.5 Å². The van der Waals surface area contributed by atoms with Crippen LogP contribution < -0.4 is 4.90 Å². The normalized spacial score (nSPS) is 19.6. The van der Waals surface area contributed by atoms with E-state index < -0.39 is 10.0 Å². The molecule has 5 rings (SSSR count). The maximum absolute atomic E-state index is 13.0. The zero-order valence-corrected chi connectivity index (χ0v) is 18.1. The summed E-state index contributed by atoms with van der Waals surface area (Å²) in [6.07, 6.45) is 3.58. The molecule has 0 atom stereocenters. The fourth-order valence-corrected chi connectivity index (χ4v) is 5.75. The average Bonchev–Trinajstić information content (AvgIpc) is 3.49. The Hall–Kier alpha value is -2.56. The molecule has 3 aliphatic rings. The Balaban J connectivity index is 1.29. The van der Waals surface area contributed by atoms with Gasteiger partial charge in [-0.05, 0) is 37.1 Å². The van der Waals surface area contributed by atoms with E-state index in [1.807, 2.05) is 0 Å². The topological polar surface area (TPSA) is 95.9 Å². The Labute approximate surface area is 181 Å². The molecule has 1 amide bonds. The second-order valence-electron chi connectivity index (χ2n) is 8.04. The van der Waals surface area contributed by atoms with Gasteiger partial charge in [0.15, 0.2) is 0 Å². The summed E-state index contributed by atoms with van der Waals surface area (Å²) in [5, 5.41) is 0. The summed E-state index contributed by atoms with van der Waals surface area (Å²) in [5.74, 6) is 0.531. The van der Waals surface area contributed by atoms with Gasteiger partial charge in [-0.3, -0.25) is 4.79 Å². The third-order valence-electron chi connectivity index (χ3n) is 6.03. The average molecular weight is 444 g/mol. The van der Waals surface area contributed by atoms with Gasteiger partial charge in [-0.25, -0.2) is 18.4 Å². The first kappa shape index (κ1) is 20.3. The molecule has 1 aromatic carbocycles. The van der Waals surface area contributed by atoms with Crippen molar-refractivity contribution in [3.8, 4) is 0 Å². The Kier molecular flexibility index (Phi) is 5.37. The molecule has 10 heteroatoms. The number of hydrogen-bond donors (Lipinski definition) is 0. The fourth-order valence-electron chi connectivity index (χ4n) is 4.23. The van der Waals surface area contributed by atoms with Crippen LogP contribution in [-0.2, 0) is 27.8 Å². The van der Waals surface area contributed by atoms with Crippen LogP contribution in [0.4, 0.5) is 5.95 Å². The number of hydrogen-bond acceptors (Lipinski definition) is 7. The number of anilines is 1. The summed E-state index contributed by atoms with van der Waals surface area (Å²) in [6.45, 7) is 4.82. The summed E-state index contributed by atoms with van der Waals surface area (Å²) in [4.78, 5) is 26.2. The number of rotatable bonds is 4. The van der Waals surface area contributed by atoms with E-state index in [1.54, 1.807) is 23.2 Å². The van der Waals surface area contributed by atoms with Crippen molar-refractivity contribution in [2.45, 2.75) is 30.8 Å². The summed E-state index contributed by atoms with van der Waals surface area (Å²) < 4.78 is 32.3. The smallest absolute Gasteiger partial charge is 0.254 e. The maximum Gasteiger partial charge on any atom is 0.254 e. The van der Waals surface area contributed by atoms with Gasteiger partial charge in [0.25, 0.3) is 5.91 Å². The standard InChI is InChI=1S/C21H25N5O4S/c27-20(16-3-5-18(6-4-16)31(28,29)26-7-1-2-8-26)25-14-17-13-22-21(23-19(17)15-25)24-9-11-30-12-10-24/h3-6,13H,1-2,7-12,14-15H2. The van der Waals surface area contributed by atoms with E-state index in [0.717, 1.165) is 37.2 Å². The highest BCUT2D eigenvalue weighted by atomic mass is 32.2. The van der Waals surface area contributed by atoms with Gasteiger partial charge in [0, 0.05) is 50.0 Å². The first-order valence-electron chi connectivity index (χ1n) is 10.6. The van der Waals surface area contributed by atoms with E-state index in [9.17, 15) is 13.2 Å². The number of carbonyl (C=O) groups excluding carboxylic acids is 1. The van der Waals surface area contributed by atoms with Gasteiger partial charge in [-0.2, -0.15) is 4.31 Å². The Morgan fingerprint density at radius 2 is 1.68 bits per heavy atom. The molecule has 164 valence electrons. The number of sulfonamides is 1. The lowest BCUT2D eigenvalue weighted by atomic mass is 10.2. The predicted octanol–water partition coefficient (Wildman–Crippen LogP) is 1.25. The molecular formula is C21H25N5O4S. The van der Waals surface area contributed by atoms with E-state index in [2.05, 4.69) is 14.9 Å². The second-order valence-corrected chi connectivity index (χ2v) is 9.98. The molecule has 31 heavy (non-hydrogen) atoms. The first-order chi connectivity index (χ1) is 15.0. The fraction of sp³-hybridized carbons (Fsp3) is 0.476. The third kappa shape index (κ3) is 3.90. The molecule has 0 saturated carbocycles. The number of carbonyl (C=O) groups is 1. The van der Waals surface area contributed by atoms with Crippen LogP contribution in [0.25, 0.3) is 0 Å². The van der Waals surface area contributed by atoms with Gasteiger partial charge in [0.05, 0.1) is 30.3 Å². The van der Waals surface area contributed by atoms with Crippen molar-refractivity contribution in [2.75, 3.05) is 44.3 Å². The van der Waals surface area contributed by atoms with Crippen LogP contribution in [0.15, 0.2) is 35.4 Å². The molecule has 4 heterocycles. The molecule has 2 fully saturated rings. The number of aromatic nitrogens is 2. The van der Waals surface area contributed by atoms with Gasteiger partial charge >= 0.3 is 0 Å². The van der Waals surface area contributed by atoms with Crippen LogP contribution >= 0.6 is 0 Å². The first-order valence-corrected chi connectivity index (χ1v) is 12.0. The Bertz CT molecular complexity index is 1080. The Morgan fingerprint density at radius 1 is 0.968 bits per heavy atom. The van der Waals surface area contributed by atoms with Crippen LogP contribution in [0.5, 0.6) is 0 Å². The van der Waals surface area contributed by atoms with Crippen molar-refractivity contribution in [3.63, 3.8) is 0 Å². The number of nitrogens with zero attached hydrogens (tertiary/aromatic N) is 5. The van der Waals surface area contributed by atoms with Crippen molar-refractivity contribution in [1.82, 2.24) is 19.2 Å². The number of ether oxygens (including phenoxy) is 1. The summed E-state index contributed by atoms with van der Waals surface area (Å²) in [6, 6.07) is 6.25. The van der Waals surface area contributed by atoms with Crippen LogP contribution in [-0.4, -0.2) is 72.9 Å². The second kappa shape index (κ2) is 8.18. The third-order valence-corrected chi connectivity index (χ3v) is 7.94. The zero-order chi connectivity index (χ0) is 21.4. The molecule has 2 aromatic rings. The minimum atomic E-state index is -3.48. The van der Waals surface area contributed by atoms with Crippen molar-refractivity contribution in [1.29, 1.82) is 0 Å². The van der Waals surface area contributed by atoms with Crippen molar-refractivity contribution in [2.24, 2.45) is 0 Å². The molecule has 0 bridgehead atoms. The highest BCUT2D eigenvalue weighted by Crippen LogP contribution is 2.26. The largest absolute Gasteiger partial charge is 0.378 e. The molecule has 9 nitrogen and oxygen atoms in total. The molecule has 2 saturated heterocycles. The van der Waals surface area contributed by atoms with Crippen LogP contribution in [0.3, 0.4) is 0 Å². The van der Waals surface area contributed by atoms with Crippen LogP contribution in [0.2, 0.25) is 0 Å². The minimum Gasteiger partial charge on any atom is -0.378 e. The summed E-state index contributed by atoms with van der Waals surface area (Å²) in [7, 11) is -3.48. The van der Waals surface area contributed by atoms with Gasteiger partial charge in [0.1, 0.15) is 0 Å². The van der Waals surface area contributed by atoms with Crippen LogP contribution in [0, 0.1) is 0 Å². The van der Waals surface area contributed by atoms with Gasteiger partial charge in [-0.15, -0.1) is 0 Å². The molecule has 0 N–H and O–H groups in total. The monoisotopic (exact) mass is 443 g/mol. The van der Waals surface area contributed by atoms with E-state index >= 15 is 0 Å². The molecule has 1 aromatic heterocycles. The Morgan fingerprint density at radius 3 is 2.39 bits per heavy atom. The molecule has 0 aliphatic carbocycles. The van der Waals surface area contributed by atoms with Crippen molar-refractivity contribution in [3.05, 3.63) is 47.3 Å². The highest BCUT2D eigenvalue weighted by molar-refractivity contribution is 7.89. The zero-order valence-electron chi connectivity index (χ0n) is 17.2. The van der Waals surface area contributed by atoms with E-state index in [0.29, 0.717) is 50.9 Å². The van der Waals surface area contributed by atoms with Gasteiger partial charge in [0.2, 0.25) is 16.0 Å². The molecule has 0 radical (unpaired) electrons. The summed E-state index contributed by atoms with van der Waals surface area (Å²) in [5.41, 5.74) is 2.27. The van der Waals surface area contributed by atoms with Gasteiger partial charge in [-0.1, -0.05) is 0 Å². The SMILES string of the molecule is O=C(c1ccc(S(=O)(=O)N2CCCC2)cc1)N1Cc2cnc(N3CCOCC3)nc2C1. The number of fused-ring (bicyclic) bond motifs is 1. The number of amides is 1. The van der Waals surface area contributed by atoms with Crippen molar-refractivity contribution >= 4 is 21.9 Å².